The minimum absolute atomic E-state index is 0.449. The fourth-order valence-electron chi connectivity index (χ4n) is 1.09. The summed E-state index contributed by atoms with van der Waals surface area (Å²) in [6.45, 7) is 3.60. The number of ether oxygens (including phenoxy) is 1. The second-order valence-electron chi connectivity index (χ2n) is 2.48. The fourth-order valence-corrected chi connectivity index (χ4v) is 1.35. The lowest BCUT2D eigenvalue weighted by molar-refractivity contribution is -0.622. The third-order valence-electron chi connectivity index (χ3n) is 1.64. The number of halogens is 1. The summed E-state index contributed by atoms with van der Waals surface area (Å²) in [6, 6.07) is 0. The van der Waals surface area contributed by atoms with Gasteiger partial charge in [-0.05, 0) is 13.8 Å². The molecule has 0 spiro atoms. The van der Waals surface area contributed by atoms with Crippen LogP contribution in [0.5, 0.6) is 5.75 Å². The number of methoxy groups -OCH3 is 1. The first-order valence-electron chi connectivity index (χ1n) is 3.43. The average molecular weight is 231 g/mol. The highest BCUT2D eigenvalue weighted by molar-refractivity contribution is 9.10. The van der Waals surface area contributed by atoms with Gasteiger partial charge in [0.1, 0.15) is 5.75 Å². The summed E-state index contributed by atoms with van der Waals surface area (Å²) in [5.74, 6) is 0.703. The van der Waals surface area contributed by atoms with Crippen molar-refractivity contribution in [3.63, 3.8) is 0 Å². The monoisotopic (exact) mass is 230 g/mol. The maximum Gasteiger partial charge on any atom is 0.297 e. The number of rotatable bonds is 1. The van der Waals surface area contributed by atoms with Crippen LogP contribution >= 0.6 is 15.9 Å². The molecule has 12 heavy (non-hydrogen) atoms. The molecule has 0 N–H and O–H groups in total. The Morgan fingerprint density at radius 1 is 1.50 bits per heavy atom. The molecule has 0 aliphatic carbocycles. The first kappa shape index (κ1) is 9.32. The van der Waals surface area contributed by atoms with Gasteiger partial charge in [0, 0.05) is 15.9 Å². The molecule has 1 heterocycles. The third kappa shape index (κ3) is 1.39. The minimum atomic E-state index is 0.449. The zero-order valence-corrected chi connectivity index (χ0v) is 8.73. The van der Waals surface area contributed by atoms with E-state index in [1.165, 1.54) is 0 Å². The second-order valence-corrected chi connectivity index (χ2v) is 3.23. The summed E-state index contributed by atoms with van der Waals surface area (Å²) in [4.78, 5) is 0. The SMILES string of the molecule is COc1c(C)[c][n+]([O-])c(Br)c1C. The molecule has 0 fully saturated rings. The Hall–Kier alpha value is -0.770. The Bertz CT molecular complexity index is 312. The Morgan fingerprint density at radius 3 is 2.58 bits per heavy atom. The number of hydrogen-bond acceptors (Lipinski definition) is 2. The van der Waals surface area contributed by atoms with Crippen LogP contribution in [0.25, 0.3) is 0 Å². The van der Waals surface area contributed by atoms with Crippen LogP contribution in [0.15, 0.2) is 4.60 Å². The number of aryl methyl sites for hydroxylation is 1. The molecule has 0 aliphatic rings. The van der Waals surface area contributed by atoms with Gasteiger partial charge in [0.25, 0.3) is 10.8 Å². The van der Waals surface area contributed by atoms with E-state index in [-0.39, 0.29) is 0 Å². The molecule has 1 aromatic rings. The quantitative estimate of drug-likeness (QED) is 0.417. The van der Waals surface area contributed by atoms with Gasteiger partial charge >= 0.3 is 0 Å². The average Bonchev–Trinajstić information content (AvgIpc) is 2.01. The number of hydrogen-bond donors (Lipinski definition) is 0. The molecule has 0 saturated carbocycles. The van der Waals surface area contributed by atoms with E-state index in [9.17, 15) is 5.21 Å². The Morgan fingerprint density at radius 2 is 2.08 bits per heavy atom. The molecule has 4 heteroatoms. The van der Waals surface area contributed by atoms with Crippen molar-refractivity contribution in [1.82, 2.24) is 0 Å². The number of nitrogens with zero attached hydrogens (tertiary/aromatic N) is 1. The van der Waals surface area contributed by atoms with Gasteiger partial charge in [-0.3, -0.25) is 0 Å². The van der Waals surface area contributed by atoms with Crippen molar-refractivity contribution < 1.29 is 9.47 Å². The van der Waals surface area contributed by atoms with Crippen molar-refractivity contribution in [1.29, 1.82) is 0 Å². The van der Waals surface area contributed by atoms with E-state index in [1.807, 2.05) is 6.92 Å². The van der Waals surface area contributed by atoms with Crippen LogP contribution in [0.1, 0.15) is 11.1 Å². The molecule has 1 aromatic heterocycles. The summed E-state index contributed by atoms with van der Waals surface area (Å²) in [5, 5.41) is 11.1. The molecular formula is C8H9BrNO2. The molecule has 0 aliphatic heterocycles. The predicted octanol–water partition coefficient (Wildman–Crippen LogP) is 1.51. The van der Waals surface area contributed by atoms with Crippen molar-refractivity contribution >= 4 is 15.9 Å². The van der Waals surface area contributed by atoms with Gasteiger partial charge < -0.3 is 9.94 Å². The lowest BCUT2D eigenvalue weighted by Gasteiger charge is -2.08. The van der Waals surface area contributed by atoms with Gasteiger partial charge in [0.15, 0.2) is 0 Å². The molecule has 0 atom stereocenters. The van der Waals surface area contributed by atoms with Gasteiger partial charge in [-0.15, -0.1) is 0 Å². The van der Waals surface area contributed by atoms with Crippen LogP contribution in [-0.4, -0.2) is 7.11 Å². The predicted molar refractivity (Wildman–Crippen MR) is 48.0 cm³/mol. The molecule has 1 rings (SSSR count). The molecule has 0 bridgehead atoms. The van der Waals surface area contributed by atoms with Crippen LogP contribution in [0, 0.1) is 25.3 Å². The van der Waals surface area contributed by atoms with Crippen LogP contribution in [0.4, 0.5) is 0 Å². The van der Waals surface area contributed by atoms with E-state index < -0.39 is 0 Å². The lowest BCUT2D eigenvalue weighted by Crippen LogP contribution is -2.29. The summed E-state index contributed by atoms with van der Waals surface area (Å²) in [5.41, 5.74) is 1.51. The minimum Gasteiger partial charge on any atom is -0.617 e. The summed E-state index contributed by atoms with van der Waals surface area (Å²) in [6.07, 6.45) is 2.59. The Balaban J connectivity index is 3.40. The zero-order valence-electron chi connectivity index (χ0n) is 7.14. The van der Waals surface area contributed by atoms with E-state index in [0.717, 1.165) is 5.56 Å². The maximum atomic E-state index is 11.1. The highest BCUT2D eigenvalue weighted by atomic mass is 79.9. The van der Waals surface area contributed by atoms with Crippen LogP contribution in [-0.2, 0) is 0 Å². The molecule has 3 nitrogen and oxygen atoms in total. The second kappa shape index (κ2) is 3.31. The van der Waals surface area contributed by atoms with E-state index >= 15 is 0 Å². The topological polar surface area (TPSA) is 36.2 Å². The molecule has 1 radical (unpaired) electrons. The van der Waals surface area contributed by atoms with Crippen LogP contribution < -0.4 is 9.47 Å². The van der Waals surface area contributed by atoms with Crippen LogP contribution in [0.3, 0.4) is 0 Å². The van der Waals surface area contributed by atoms with E-state index in [4.69, 9.17) is 4.74 Å². The van der Waals surface area contributed by atoms with Crippen molar-refractivity contribution in [3.05, 3.63) is 27.1 Å². The zero-order chi connectivity index (χ0) is 9.30. The largest absolute Gasteiger partial charge is 0.617 e. The smallest absolute Gasteiger partial charge is 0.297 e. The van der Waals surface area contributed by atoms with Gasteiger partial charge in [0.05, 0.1) is 18.2 Å². The van der Waals surface area contributed by atoms with Crippen molar-refractivity contribution in [2.24, 2.45) is 0 Å². The third-order valence-corrected chi connectivity index (χ3v) is 2.56. The first-order valence-corrected chi connectivity index (χ1v) is 4.22. The molecule has 0 amide bonds. The highest BCUT2D eigenvalue weighted by Gasteiger charge is 2.15. The highest BCUT2D eigenvalue weighted by Crippen LogP contribution is 2.25. The molecular weight excluding hydrogens is 222 g/mol. The Kier molecular flexibility index (Phi) is 2.57. The molecule has 65 valence electrons. The molecule has 0 saturated heterocycles. The first-order chi connectivity index (χ1) is 5.57. The molecule has 0 aromatic carbocycles. The van der Waals surface area contributed by atoms with Gasteiger partial charge in [-0.25, -0.2) is 0 Å². The number of aromatic nitrogens is 1. The lowest BCUT2D eigenvalue weighted by atomic mass is 10.2. The number of pyridine rings is 1. The standard InChI is InChI=1S/C8H9BrNO2/c1-5-4-10(11)8(9)6(2)7(5)12-3/h1-3H3. The summed E-state index contributed by atoms with van der Waals surface area (Å²) < 4.78 is 6.21. The summed E-state index contributed by atoms with van der Waals surface area (Å²) in [7, 11) is 1.57. The van der Waals surface area contributed by atoms with Crippen molar-refractivity contribution in [2.45, 2.75) is 13.8 Å². The van der Waals surface area contributed by atoms with Crippen LogP contribution in [0.2, 0.25) is 0 Å². The Labute approximate surface area is 79.7 Å². The normalized spacial score (nSPS) is 10.0. The maximum absolute atomic E-state index is 11.1. The summed E-state index contributed by atoms with van der Waals surface area (Å²) >= 11 is 3.14. The van der Waals surface area contributed by atoms with E-state index in [1.54, 1.807) is 14.0 Å². The van der Waals surface area contributed by atoms with Gasteiger partial charge in [-0.2, -0.15) is 4.73 Å². The molecule has 0 unspecified atom stereocenters. The van der Waals surface area contributed by atoms with Crippen molar-refractivity contribution in [2.75, 3.05) is 7.11 Å². The van der Waals surface area contributed by atoms with E-state index in [2.05, 4.69) is 22.1 Å². The van der Waals surface area contributed by atoms with E-state index in [0.29, 0.717) is 20.6 Å². The van der Waals surface area contributed by atoms with Gasteiger partial charge in [0.2, 0.25) is 0 Å². The van der Waals surface area contributed by atoms with Crippen molar-refractivity contribution in [3.8, 4) is 5.75 Å². The fraction of sp³-hybridized carbons (Fsp3) is 0.375. The van der Waals surface area contributed by atoms with Gasteiger partial charge in [-0.1, -0.05) is 0 Å².